The Kier molecular flexibility index (Phi) is 9.61. The zero-order chi connectivity index (χ0) is 21.5. The topological polar surface area (TPSA) is 66.2 Å². The first-order valence-electron chi connectivity index (χ1n) is 11.9. The second-order valence-corrected chi connectivity index (χ2v) is 9.21. The van der Waals surface area contributed by atoms with Gasteiger partial charge in [-0.2, -0.15) is 0 Å². The third-order valence-electron chi connectivity index (χ3n) is 6.83. The van der Waals surface area contributed by atoms with Crippen LogP contribution in [-0.4, -0.2) is 73.2 Å². The predicted octanol–water partition coefficient (Wildman–Crippen LogP) is 3.25. The summed E-state index contributed by atoms with van der Waals surface area (Å²) < 4.78 is 7.66. The monoisotopic (exact) mass is 554 g/mol. The number of nitrogens with one attached hydrogen (secondary N) is 2. The Labute approximate surface area is 209 Å². The summed E-state index contributed by atoms with van der Waals surface area (Å²) >= 11 is 0. The van der Waals surface area contributed by atoms with E-state index in [-0.39, 0.29) is 24.0 Å². The van der Waals surface area contributed by atoms with Gasteiger partial charge in [-0.1, -0.05) is 25.3 Å². The van der Waals surface area contributed by atoms with E-state index in [4.69, 9.17) is 9.72 Å². The number of imidazole rings is 1. The highest BCUT2D eigenvalue weighted by Crippen LogP contribution is 2.36. The molecule has 0 atom stereocenters. The fourth-order valence-corrected chi connectivity index (χ4v) is 5.05. The number of halogens is 1. The van der Waals surface area contributed by atoms with Gasteiger partial charge in [-0.3, -0.25) is 9.89 Å². The Morgan fingerprint density at radius 3 is 2.69 bits per heavy atom. The van der Waals surface area contributed by atoms with Crippen LogP contribution in [0.1, 0.15) is 43.4 Å². The number of morpholine rings is 1. The first-order valence-corrected chi connectivity index (χ1v) is 11.9. The average molecular weight is 555 g/mol. The zero-order valence-electron chi connectivity index (χ0n) is 19.6. The van der Waals surface area contributed by atoms with Gasteiger partial charge >= 0.3 is 0 Å². The van der Waals surface area contributed by atoms with Crippen molar-refractivity contribution in [2.75, 3.05) is 53.0 Å². The number of hydrogen-bond acceptors (Lipinski definition) is 4. The molecule has 0 aromatic carbocycles. The fraction of sp³-hybridized carbons (Fsp3) is 0.667. The predicted molar refractivity (Wildman–Crippen MR) is 141 cm³/mol. The molecule has 1 saturated carbocycles. The first-order chi connectivity index (χ1) is 15.2. The van der Waals surface area contributed by atoms with Gasteiger partial charge in [0.05, 0.1) is 18.9 Å². The van der Waals surface area contributed by atoms with Crippen LogP contribution in [0.4, 0.5) is 0 Å². The van der Waals surface area contributed by atoms with Gasteiger partial charge in [-0.15, -0.1) is 24.0 Å². The van der Waals surface area contributed by atoms with E-state index >= 15 is 0 Å². The number of guanidine groups is 1. The normalized spacial score (nSPS) is 19.5. The summed E-state index contributed by atoms with van der Waals surface area (Å²) in [5.41, 5.74) is 3.69. The molecule has 2 fully saturated rings. The molecule has 32 heavy (non-hydrogen) atoms. The average Bonchev–Trinajstić information content (AvgIpc) is 3.22. The van der Waals surface area contributed by atoms with Crippen LogP contribution in [0, 0.1) is 12.3 Å². The fourth-order valence-electron chi connectivity index (χ4n) is 5.05. The molecule has 7 nitrogen and oxygen atoms in total. The van der Waals surface area contributed by atoms with Gasteiger partial charge in [0.1, 0.15) is 5.65 Å². The quantitative estimate of drug-likeness (QED) is 0.313. The lowest BCUT2D eigenvalue weighted by atomic mass is 9.73. The summed E-state index contributed by atoms with van der Waals surface area (Å²) in [4.78, 5) is 11.8. The van der Waals surface area contributed by atoms with Gasteiger partial charge in [0.25, 0.3) is 0 Å². The molecule has 2 aliphatic rings. The maximum atomic E-state index is 5.55. The molecule has 1 aliphatic heterocycles. The smallest absolute Gasteiger partial charge is 0.191 e. The maximum absolute atomic E-state index is 5.55. The van der Waals surface area contributed by atoms with Crippen LogP contribution in [0.3, 0.4) is 0 Å². The van der Waals surface area contributed by atoms with Crippen LogP contribution < -0.4 is 10.6 Å². The van der Waals surface area contributed by atoms with Crippen LogP contribution in [-0.2, 0) is 11.2 Å². The summed E-state index contributed by atoms with van der Waals surface area (Å²) in [5, 5.41) is 7.14. The molecule has 0 amide bonds. The van der Waals surface area contributed by atoms with E-state index in [1.807, 2.05) is 7.05 Å². The Morgan fingerprint density at radius 1 is 1.19 bits per heavy atom. The van der Waals surface area contributed by atoms with Crippen molar-refractivity contribution in [3.8, 4) is 0 Å². The Hall–Kier alpha value is -1.39. The summed E-state index contributed by atoms with van der Waals surface area (Å²) in [6, 6.07) is 4.17. The maximum Gasteiger partial charge on any atom is 0.191 e. The van der Waals surface area contributed by atoms with Crippen LogP contribution in [0.2, 0.25) is 0 Å². The molecule has 8 heteroatoms. The lowest BCUT2D eigenvalue weighted by Crippen LogP contribution is -2.51. The Bertz CT molecular complexity index is 870. The van der Waals surface area contributed by atoms with E-state index in [0.29, 0.717) is 5.41 Å². The van der Waals surface area contributed by atoms with E-state index in [1.54, 1.807) is 0 Å². The van der Waals surface area contributed by atoms with Crippen LogP contribution >= 0.6 is 24.0 Å². The van der Waals surface area contributed by atoms with Gasteiger partial charge in [0, 0.05) is 64.0 Å². The number of aliphatic imine (C=N–C) groups is 1. The van der Waals surface area contributed by atoms with E-state index in [9.17, 15) is 0 Å². The molecule has 0 spiro atoms. The molecule has 1 aliphatic carbocycles. The van der Waals surface area contributed by atoms with Gasteiger partial charge in [0.2, 0.25) is 0 Å². The summed E-state index contributed by atoms with van der Waals surface area (Å²) in [6.07, 6.45) is 11.7. The minimum atomic E-state index is 0. The molecule has 2 N–H and O–H groups in total. The van der Waals surface area contributed by atoms with Crippen molar-refractivity contribution < 1.29 is 4.74 Å². The van der Waals surface area contributed by atoms with E-state index in [1.165, 1.54) is 44.2 Å². The van der Waals surface area contributed by atoms with E-state index in [0.717, 1.165) is 63.1 Å². The van der Waals surface area contributed by atoms with E-state index in [2.05, 4.69) is 56.4 Å². The highest BCUT2D eigenvalue weighted by molar-refractivity contribution is 14.0. The second kappa shape index (κ2) is 12.2. The molecule has 0 radical (unpaired) electrons. The lowest BCUT2D eigenvalue weighted by molar-refractivity contribution is 0.00820. The number of nitrogens with zero attached hydrogens (tertiary/aromatic N) is 4. The zero-order valence-corrected chi connectivity index (χ0v) is 21.9. The second-order valence-electron chi connectivity index (χ2n) is 9.21. The third kappa shape index (κ3) is 6.57. The molecule has 2 aromatic rings. The Balaban J connectivity index is 0.00000289. The standard InChI is InChI=1S/C24H38N6O.HI/c1-20-7-6-12-30-17-21(28-22(20)30)8-11-26-23(25-2)27-18-24(9-4-3-5-10-24)19-29-13-15-31-16-14-29;/h6-7,12,17H,3-5,8-11,13-16,18-19H2,1-2H3,(H2,25,26,27);1H. The molecule has 178 valence electrons. The minimum Gasteiger partial charge on any atom is -0.379 e. The number of aryl methyl sites for hydroxylation is 1. The third-order valence-corrected chi connectivity index (χ3v) is 6.83. The molecule has 3 heterocycles. The molecule has 1 saturated heterocycles. The number of fused-ring (bicyclic) bond motifs is 1. The van der Waals surface area contributed by atoms with Crippen molar-refractivity contribution >= 4 is 35.6 Å². The van der Waals surface area contributed by atoms with Crippen molar-refractivity contribution in [1.82, 2.24) is 24.9 Å². The molecule has 4 rings (SSSR count). The Morgan fingerprint density at radius 2 is 1.97 bits per heavy atom. The lowest BCUT2D eigenvalue weighted by Gasteiger charge is -2.42. The van der Waals surface area contributed by atoms with Crippen molar-refractivity contribution in [3.05, 3.63) is 35.8 Å². The number of aromatic nitrogens is 2. The summed E-state index contributed by atoms with van der Waals surface area (Å²) in [6.45, 7) is 8.94. The van der Waals surface area contributed by atoms with Crippen LogP contribution in [0.5, 0.6) is 0 Å². The summed E-state index contributed by atoms with van der Waals surface area (Å²) in [5.74, 6) is 0.895. The van der Waals surface area contributed by atoms with Crippen molar-refractivity contribution in [2.24, 2.45) is 10.4 Å². The number of rotatable bonds is 7. The van der Waals surface area contributed by atoms with Crippen molar-refractivity contribution in [1.29, 1.82) is 0 Å². The molecule has 0 unspecified atom stereocenters. The molecular weight excluding hydrogens is 515 g/mol. The SMILES string of the molecule is CN=C(NCCc1cn2cccc(C)c2n1)NCC1(CN2CCOCC2)CCCCC1.I. The highest BCUT2D eigenvalue weighted by Gasteiger charge is 2.34. The van der Waals surface area contributed by atoms with Crippen LogP contribution in [0.25, 0.3) is 5.65 Å². The molecule has 2 aromatic heterocycles. The van der Waals surface area contributed by atoms with E-state index < -0.39 is 0 Å². The number of pyridine rings is 1. The number of hydrogen-bond donors (Lipinski definition) is 2. The summed E-state index contributed by atoms with van der Waals surface area (Å²) in [7, 11) is 1.86. The minimum absolute atomic E-state index is 0. The largest absolute Gasteiger partial charge is 0.379 e. The van der Waals surface area contributed by atoms with Crippen molar-refractivity contribution in [3.63, 3.8) is 0 Å². The molecule has 0 bridgehead atoms. The van der Waals surface area contributed by atoms with Gasteiger partial charge < -0.3 is 19.8 Å². The first kappa shape index (κ1) is 25.2. The molecular formula is C24H39IN6O. The van der Waals surface area contributed by atoms with Gasteiger partial charge in [-0.25, -0.2) is 4.98 Å². The van der Waals surface area contributed by atoms with Gasteiger partial charge in [0.15, 0.2) is 5.96 Å². The highest BCUT2D eigenvalue weighted by atomic mass is 127. The van der Waals surface area contributed by atoms with Crippen LogP contribution in [0.15, 0.2) is 29.5 Å². The number of ether oxygens (including phenoxy) is 1. The van der Waals surface area contributed by atoms with Gasteiger partial charge in [-0.05, 0) is 31.4 Å². The van der Waals surface area contributed by atoms with Crippen molar-refractivity contribution in [2.45, 2.75) is 45.4 Å².